The van der Waals surface area contributed by atoms with Crippen molar-refractivity contribution in [2.45, 2.75) is 0 Å². The number of carbonyl (C=O) groups excluding carboxylic acids is 1. The largest absolute Gasteiger partial charge is 0.298 e. The van der Waals surface area contributed by atoms with Crippen LogP contribution >= 0.6 is 22.9 Å². The number of hydrogen-bond donors (Lipinski definition) is 1. The molecule has 0 bridgehead atoms. The van der Waals surface area contributed by atoms with Gasteiger partial charge in [0.1, 0.15) is 0 Å². The molecule has 0 atom stereocenters. The minimum Gasteiger partial charge on any atom is -0.298 e. The summed E-state index contributed by atoms with van der Waals surface area (Å²) >= 11 is 6.97. The Morgan fingerprint density at radius 2 is 2.04 bits per heavy atom. The molecule has 0 aliphatic rings. The first-order valence-corrected chi connectivity index (χ1v) is 7.62. The number of hydrogen-bond acceptors (Lipinski definition) is 4. The molecule has 116 valence electrons. The summed E-state index contributed by atoms with van der Waals surface area (Å²) in [5.41, 5.74) is 1.29. The molecule has 3 rings (SSSR count). The van der Waals surface area contributed by atoms with Gasteiger partial charge in [0.05, 0.1) is 16.3 Å². The standard InChI is InChI=1S/C15H8ClF2N3OS/c16-10-5-12(18)11(17)4-9(10)14(22)21-15-20-13(7-23-15)8-2-1-3-19-6-8/h1-7H,(H,20,21,22). The van der Waals surface area contributed by atoms with E-state index in [4.69, 9.17) is 11.6 Å². The third-order valence-electron chi connectivity index (χ3n) is 2.94. The molecule has 2 aromatic heterocycles. The van der Waals surface area contributed by atoms with Gasteiger partial charge in [-0.15, -0.1) is 11.3 Å². The number of rotatable bonds is 3. The normalized spacial score (nSPS) is 10.6. The van der Waals surface area contributed by atoms with Crippen LogP contribution in [0.3, 0.4) is 0 Å². The Hall–Kier alpha value is -2.38. The van der Waals surface area contributed by atoms with Crippen molar-refractivity contribution in [2.24, 2.45) is 0 Å². The van der Waals surface area contributed by atoms with Crippen molar-refractivity contribution in [1.82, 2.24) is 9.97 Å². The summed E-state index contributed by atoms with van der Waals surface area (Å²) in [6, 6.07) is 5.12. The number of aromatic nitrogens is 2. The molecule has 0 spiro atoms. The fourth-order valence-electron chi connectivity index (χ4n) is 1.84. The summed E-state index contributed by atoms with van der Waals surface area (Å²) in [7, 11) is 0. The van der Waals surface area contributed by atoms with Gasteiger partial charge in [-0.05, 0) is 24.3 Å². The smallest absolute Gasteiger partial charge is 0.259 e. The zero-order chi connectivity index (χ0) is 16.4. The number of nitrogens with one attached hydrogen (secondary N) is 1. The Bertz CT molecular complexity index is 870. The minimum absolute atomic E-state index is 0.163. The molecule has 3 aromatic rings. The molecule has 0 aliphatic heterocycles. The minimum atomic E-state index is -1.14. The summed E-state index contributed by atoms with van der Waals surface area (Å²) in [5, 5.41) is 4.40. The van der Waals surface area contributed by atoms with Crippen LogP contribution in [0.4, 0.5) is 13.9 Å². The number of thiazole rings is 1. The molecule has 1 aromatic carbocycles. The first-order valence-electron chi connectivity index (χ1n) is 6.36. The van der Waals surface area contributed by atoms with Gasteiger partial charge in [0.25, 0.3) is 5.91 Å². The number of amides is 1. The maximum atomic E-state index is 13.3. The van der Waals surface area contributed by atoms with Crippen molar-refractivity contribution in [3.05, 3.63) is 64.3 Å². The van der Waals surface area contributed by atoms with Crippen molar-refractivity contribution in [2.75, 3.05) is 5.32 Å². The van der Waals surface area contributed by atoms with E-state index in [1.54, 1.807) is 23.8 Å². The molecule has 8 heteroatoms. The zero-order valence-electron chi connectivity index (χ0n) is 11.4. The van der Waals surface area contributed by atoms with Gasteiger partial charge in [-0.3, -0.25) is 15.1 Å². The molecule has 2 heterocycles. The highest BCUT2D eigenvalue weighted by atomic mass is 35.5. The molecular formula is C15H8ClF2N3OS. The van der Waals surface area contributed by atoms with E-state index in [2.05, 4.69) is 15.3 Å². The van der Waals surface area contributed by atoms with Crippen molar-refractivity contribution < 1.29 is 13.6 Å². The molecule has 23 heavy (non-hydrogen) atoms. The van der Waals surface area contributed by atoms with E-state index in [1.807, 2.05) is 6.07 Å². The van der Waals surface area contributed by atoms with Gasteiger partial charge in [0, 0.05) is 23.3 Å². The Kier molecular flexibility index (Phi) is 4.31. The van der Waals surface area contributed by atoms with E-state index < -0.39 is 17.5 Å². The number of benzene rings is 1. The maximum absolute atomic E-state index is 13.3. The molecule has 0 saturated carbocycles. The summed E-state index contributed by atoms with van der Waals surface area (Å²) < 4.78 is 26.3. The predicted octanol–water partition coefficient (Wildman–Crippen LogP) is 4.39. The maximum Gasteiger partial charge on any atom is 0.259 e. The van der Waals surface area contributed by atoms with Crippen LogP contribution in [-0.2, 0) is 0 Å². The number of nitrogens with zero attached hydrogens (tertiary/aromatic N) is 2. The quantitative estimate of drug-likeness (QED) is 0.712. The molecular weight excluding hydrogens is 344 g/mol. The molecule has 0 aliphatic carbocycles. The van der Waals surface area contributed by atoms with Gasteiger partial charge >= 0.3 is 0 Å². The van der Waals surface area contributed by atoms with Gasteiger partial charge in [-0.25, -0.2) is 13.8 Å². The Labute approximate surface area is 138 Å². The Morgan fingerprint density at radius 1 is 1.26 bits per heavy atom. The fraction of sp³-hybridized carbons (Fsp3) is 0. The summed E-state index contributed by atoms with van der Waals surface area (Å²) in [4.78, 5) is 20.4. The lowest BCUT2D eigenvalue weighted by Crippen LogP contribution is -2.13. The first-order chi connectivity index (χ1) is 11.0. The molecule has 1 amide bonds. The third-order valence-corrected chi connectivity index (χ3v) is 4.01. The van der Waals surface area contributed by atoms with E-state index >= 15 is 0 Å². The van der Waals surface area contributed by atoms with Crippen LogP contribution in [0.25, 0.3) is 11.3 Å². The van der Waals surface area contributed by atoms with Gasteiger partial charge < -0.3 is 0 Å². The topological polar surface area (TPSA) is 54.9 Å². The number of carbonyl (C=O) groups is 1. The Morgan fingerprint density at radius 3 is 2.78 bits per heavy atom. The molecule has 0 unspecified atom stereocenters. The van der Waals surface area contributed by atoms with Crippen LogP contribution in [0.15, 0.2) is 42.0 Å². The Balaban J connectivity index is 1.82. The second-order valence-corrected chi connectivity index (χ2v) is 5.75. The van der Waals surface area contributed by atoms with Crippen LogP contribution in [0.2, 0.25) is 5.02 Å². The average Bonchev–Trinajstić information content (AvgIpc) is 3.00. The van der Waals surface area contributed by atoms with Crippen molar-refractivity contribution in [1.29, 1.82) is 0 Å². The molecule has 0 saturated heterocycles. The van der Waals surface area contributed by atoms with E-state index in [9.17, 15) is 13.6 Å². The van der Waals surface area contributed by atoms with Gasteiger partial charge in [-0.1, -0.05) is 11.6 Å². The highest BCUT2D eigenvalue weighted by Gasteiger charge is 2.16. The summed E-state index contributed by atoms with van der Waals surface area (Å²) in [6.45, 7) is 0. The van der Waals surface area contributed by atoms with E-state index in [0.717, 1.165) is 17.7 Å². The second kappa shape index (κ2) is 6.39. The highest BCUT2D eigenvalue weighted by Crippen LogP contribution is 2.26. The van der Waals surface area contributed by atoms with Crippen LogP contribution in [0.5, 0.6) is 0 Å². The van der Waals surface area contributed by atoms with E-state index in [-0.39, 0.29) is 10.6 Å². The van der Waals surface area contributed by atoms with Gasteiger partial charge in [-0.2, -0.15) is 0 Å². The van der Waals surface area contributed by atoms with Crippen LogP contribution in [-0.4, -0.2) is 15.9 Å². The van der Waals surface area contributed by atoms with Crippen molar-refractivity contribution in [3.63, 3.8) is 0 Å². The SMILES string of the molecule is O=C(Nc1nc(-c2cccnc2)cs1)c1cc(F)c(F)cc1Cl. The van der Waals surface area contributed by atoms with Crippen LogP contribution in [0, 0.1) is 11.6 Å². The van der Waals surface area contributed by atoms with Gasteiger partial charge in [0.15, 0.2) is 16.8 Å². The predicted molar refractivity (Wildman–Crippen MR) is 84.7 cm³/mol. The van der Waals surface area contributed by atoms with E-state index in [0.29, 0.717) is 10.8 Å². The molecule has 0 radical (unpaired) electrons. The summed E-state index contributed by atoms with van der Waals surface area (Å²) in [6.07, 6.45) is 3.29. The lowest BCUT2D eigenvalue weighted by Gasteiger charge is -2.05. The first kappa shape index (κ1) is 15.5. The molecule has 4 nitrogen and oxygen atoms in total. The number of halogens is 3. The average molecular weight is 352 g/mol. The third kappa shape index (κ3) is 3.35. The van der Waals surface area contributed by atoms with Gasteiger partial charge in [0.2, 0.25) is 0 Å². The lowest BCUT2D eigenvalue weighted by atomic mass is 10.2. The molecule has 1 N–H and O–H groups in total. The monoisotopic (exact) mass is 351 g/mol. The van der Waals surface area contributed by atoms with Crippen molar-refractivity contribution >= 4 is 34.0 Å². The number of anilines is 1. The summed E-state index contributed by atoms with van der Waals surface area (Å²) in [5.74, 6) is -2.92. The highest BCUT2D eigenvalue weighted by molar-refractivity contribution is 7.14. The van der Waals surface area contributed by atoms with Crippen LogP contribution < -0.4 is 5.32 Å². The number of pyridine rings is 1. The second-order valence-electron chi connectivity index (χ2n) is 4.48. The zero-order valence-corrected chi connectivity index (χ0v) is 13.0. The van der Waals surface area contributed by atoms with Crippen LogP contribution in [0.1, 0.15) is 10.4 Å². The molecule has 0 fully saturated rings. The fourth-order valence-corrected chi connectivity index (χ4v) is 2.79. The van der Waals surface area contributed by atoms with Crippen molar-refractivity contribution in [3.8, 4) is 11.3 Å². The lowest BCUT2D eigenvalue weighted by molar-refractivity contribution is 0.102. The van der Waals surface area contributed by atoms with E-state index in [1.165, 1.54) is 11.3 Å².